The summed E-state index contributed by atoms with van der Waals surface area (Å²) in [5.74, 6) is 0.998. The third-order valence-corrected chi connectivity index (χ3v) is 2.25. The summed E-state index contributed by atoms with van der Waals surface area (Å²) in [6, 6.07) is -0.203. The Morgan fingerprint density at radius 3 is 3.00 bits per heavy atom. The van der Waals surface area contributed by atoms with Crippen LogP contribution in [0, 0.1) is 0 Å². The Labute approximate surface area is 78.6 Å². The number of hydrogen-bond donors (Lipinski definition) is 1. The van der Waals surface area contributed by atoms with Gasteiger partial charge in [-0.1, -0.05) is 5.16 Å². The molecule has 0 saturated carbocycles. The highest BCUT2D eigenvalue weighted by molar-refractivity contribution is 7.13. The minimum Gasteiger partial charge on any atom is -0.333 e. The lowest BCUT2D eigenvalue weighted by atomic mass is 10.3. The summed E-state index contributed by atoms with van der Waals surface area (Å²) in [5, 5.41) is 3.74. The molecular formula is C7H8N4OS. The largest absolute Gasteiger partial charge is 0.333 e. The Morgan fingerprint density at radius 2 is 2.46 bits per heavy atom. The van der Waals surface area contributed by atoms with Crippen LogP contribution in [0.25, 0.3) is 10.8 Å². The predicted octanol–water partition coefficient (Wildman–Crippen LogP) is 1.21. The second kappa shape index (κ2) is 3.23. The van der Waals surface area contributed by atoms with Gasteiger partial charge in [-0.25, -0.2) is 0 Å². The molecule has 0 bridgehead atoms. The van der Waals surface area contributed by atoms with E-state index in [4.69, 9.17) is 10.3 Å². The lowest BCUT2D eigenvalue weighted by Gasteiger charge is -1.92. The zero-order valence-electron chi connectivity index (χ0n) is 6.97. The molecule has 2 N–H and O–H groups in total. The minimum absolute atomic E-state index is 0.203. The fourth-order valence-electron chi connectivity index (χ4n) is 0.841. The maximum absolute atomic E-state index is 5.58. The van der Waals surface area contributed by atoms with Crippen LogP contribution in [0.3, 0.4) is 0 Å². The van der Waals surface area contributed by atoms with E-state index in [1.807, 2.05) is 0 Å². The Morgan fingerprint density at radius 1 is 1.62 bits per heavy atom. The highest BCUT2D eigenvalue weighted by Crippen LogP contribution is 2.21. The molecule has 2 aromatic rings. The summed E-state index contributed by atoms with van der Waals surface area (Å²) < 4.78 is 5.00. The van der Waals surface area contributed by atoms with Crippen molar-refractivity contribution in [1.82, 2.24) is 15.1 Å². The molecule has 0 aliphatic carbocycles. The van der Waals surface area contributed by atoms with Crippen molar-refractivity contribution in [1.29, 1.82) is 0 Å². The summed E-state index contributed by atoms with van der Waals surface area (Å²) in [6.45, 7) is 1.81. The van der Waals surface area contributed by atoms with Crippen LogP contribution in [-0.4, -0.2) is 15.1 Å². The molecule has 2 aromatic heterocycles. The van der Waals surface area contributed by atoms with Gasteiger partial charge in [-0.05, 0) is 6.92 Å². The van der Waals surface area contributed by atoms with Gasteiger partial charge >= 0.3 is 0 Å². The minimum atomic E-state index is -0.203. The number of aromatic nitrogens is 3. The summed E-state index contributed by atoms with van der Waals surface area (Å²) in [7, 11) is 0. The highest BCUT2D eigenvalue weighted by Gasteiger charge is 2.12. The Bertz CT molecular complexity index is 381. The molecule has 0 spiro atoms. The standard InChI is InChI=1S/C7H8N4OS/c1-4(8)6-10-7(12-11-6)5-2-9-3-13-5/h2-4H,8H2,1H3. The van der Waals surface area contributed by atoms with E-state index in [1.165, 1.54) is 11.3 Å². The van der Waals surface area contributed by atoms with Gasteiger partial charge in [0.1, 0.15) is 4.88 Å². The van der Waals surface area contributed by atoms with Gasteiger partial charge in [0.25, 0.3) is 5.89 Å². The lowest BCUT2D eigenvalue weighted by molar-refractivity contribution is 0.419. The molecule has 0 saturated heterocycles. The summed E-state index contributed by atoms with van der Waals surface area (Å²) in [4.78, 5) is 8.89. The summed E-state index contributed by atoms with van der Waals surface area (Å²) >= 11 is 1.45. The van der Waals surface area contributed by atoms with Crippen LogP contribution in [0.5, 0.6) is 0 Å². The Balaban J connectivity index is 2.33. The molecular weight excluding hydrogens is 188 g/mol. The summed E-state index contributed by atoms with van der Waals surface area (Å²) in [6.07, 6.45) is 1.68. The quantitative estimate of drug-likeness (QED) is 0.781. The number of thiazole rings is 1. The molecule has 0 aliphatic rings. The van der Waals surface area contributed by atoms with Crippen LogP contribution in [0.2, 0.25) is 0 Å². The fourth-order valence-corrected chi connectivity index (χ4v) is 1.38. The van der Waals surface area contributed by atoms with Gasteiger partial charge in [0, 0.05) is 0 Å². The second-order valence-electron chi connectivity index (χ2n) is 2.61. The second-order valence-corrected chi connectivity index (χ2v) is 3.50. The van der Waals surface area contributed by atoms with Crippen molar-refractivity contribution in [3.05, 3.63) is 17.5 Å². The van der Waals surface area contributed by atoms with Crippen LogP contribution in [0.15, 0.2) is 16.2 Å². The molecule has 1 atom stereocenters. The van der Waals surface area contributed by atoms with Gasteiger partial charge in [0.2, 0.25) is 0 Å². The number of nitrogens with zero attached hydrogens (tertiary/aromatic N) is 3. The zero-order valence-corrected chi connectivity index (χ0v) is 7.78. The normalized spacial score (nSPS) is 13.1. The van der Waals surface area contributed by atoms with Crippen molar-refractivity contribution in [3.63, 3.8) is 0 Å². The molecule has 6 heteroatoms. The van der Waals surface area contributed by atoms with E-state index >= 15 is 0 Å². The van der Waals surface area contributed by atoms with E-state index < -0.39 is 0 Å². The molecule has 68 valence electrons. The number of rotatable bonds is 2. The number of hydrogen-bond acceptors (Lipinski definition) is 6. The SMILES string of the molecule is CC(N)c1noc(-c2cncs2)n1. The molecule has 0 amide bonds. The van der Waals surface area contributed by atoms with E-state index in [1.54, 1.807) is 18.6 Å². The van der Waals surface area contributed by atoms with Crippen molar-refractivity contribution in [3.8, 4) is 10.8 Å². The third-order valence-electron chi connectivity index (χ3n) is 1.49. The molecule has 0 aromatic carbocycles. The van der Waals surface area contributed by atoms with Gasteiger partial charge in [0.15, 0.2) is 5.82 Å². The molecule has 2 rings (SSSR count). The van der Waals surface area contributed by atoms with Gasteiger partial charge in [-0.3, -0.25) is 4.98 Å². The van der Waals surface area contributed by atoms with Gasteiger partial charge < -0.3 is 10.3 Å². The topological polar surface area (TPSA) is 77.8 Å². The van der Waals surface area contributed by atoms with Crippen LogP contribution in [0.4, 0.5) is 0 Å². The predicted molar refractivity (Wildman–Crippen MR) is 48.0 cm³/mol. The average molecular weight is 196 g/mol. The van der Waals surface area contributed by atoms with Crippen molar-refractivity contribution in [2.45, 2.75) is 13.0 Å². The van der Waals surface area contributed by atoms with Crippen molar-refractivity contribution in [2.75, 3.05) is 0 Å². The van der Waals surface area contributed by atoms with Gasteiger partial charge in [-0.15, -0.1) is 11.3 Å². The van der Waals surface area contributed by atoms with Crippen molar-refractivity contribution in [2.24, 2.45) is 5.73 Å². The van der Waals surface area contributed by atoms with Crippen LogP contribution in [0.1, 0.15) is 18.8 Å². The Kier molecular flexibility index (Phi) is 2.07. The maximum atomic E-state index is 5.58. The first-order chi connectivity index (χ1) is 6.27. The first-order valence-corrected chi connectivity index (χ1v) is 4.63. The molecule has 0 fully saturated rings. The van der Waals surface area contributed by atoms with E-state index in [9.17, 15) is 0 Å². The number of nitrogens with two attached hydrogens (primary N) is 1. The van der Waals surface area contributed by atoms with Crippen molar-refractivity contribution >= 4 is 11.3 Å². The van der Waals surface area contributed by atoms with E-state index in [0.29, 0.717) is 11.7 Å². The molecule has 0 radical (unpaired) electrons. The molecule has 13 heavy (non-hydrogen) atoms. The van der Waals surface area contributed by atoms with Gasteiger partial charge in [-0.2, -0.15) is 4.98 Å². The van der Waals surface area contributed by atoms with E-state index in [0.717, 1.165) is 4.88 Å². The highest BCUT2D eigenvalue weighted by atomic mass is 32.1. The van der Waals surface area contributed by atoms with Crippen LogP contribution < -0.4 is 5.73 Å². The zero-order chi connectivity index (χ0) is 9.26. The van der Waals surface area contributed by atoms with E-state index in [-0.39, 0.29) is 6.04 Å². The first kappa shape index (κ1) is 8.33. The Hall–Kier alpha value is -1.27. The lowest BCUT2D eigenvalue weighted by Crippen LogP contribution is -2.06. The molecule has 5 nitrogen and oxygen atoms in total. The average Bonchev–Trinajstić information content (AvgIpc) is 2.75. The van der Waals surface area contributed by atoms with E-state index in [2.05, 4.69) is 15.1 Å². The summed E-state index contributed by atoms with van der Waals surface area (Å²) in [5.41, 5.74) is 7.30. The van der Waals surface area contributed by atoms with Crippen molar-refractivity contribution < 1.29 is 4.52 Å². The van der Waals surface area contributed by atoms with Gasteiger partial charge in [0.05, 0.1) is 17.7 Å². The maximum Gasteiger partial charge on any atom is 0.269 e. The smallest absolute Gasteiger partial charge is 0.269 e. The molecule has 1 unspecified atom stereocenters. The molecule has 0 aliphatic heterocycles. The molecule has 2 heterocycles. The monoisotopic (exact) mass is 196 g/mol. The first-order valence-electron chi connectivity index (χ1n) is 3.75. The third kappa shape index (κ3) is 1.58. The van der Waals surface area contributed by atoms with Crippen LogP contribution in [-0.2, 0) is 0 Å². The van der Waals surface area contributed by atoms with Crippen LogP contribution >= 0.6 is 11.3 Å². The fraction of sp³-hybridized carbons (Fsp3) is 0.286.